The minimum atomic E-state index is -4.80. The van der Waals surface area contributed by atoms with Gasteiger partial charge in [-0.1, -0.05) is 34.4 Å². The molecule has 9 heteroatoms. The lowest BCUT2D eigenvalue weighted by atomic mass is 9.98. The van der Waals surface area contributed by atoms with Gasteiger partial charge in [-0.2, -0.15) is 13.2 Å². The van der Waals surface area contributed by atoms with Crippen molar-refractivity contribution in [3.05, 3.63) is 52.1 Å². The maximum absolute atomic E-state index is 13.3. The number of halogens is 5. The highest BCUT2D eigenvalue weighted by Crippen LogP contribution is 2.45. The van der Waals surface area contributed by atoms with Crippen LogP contribution >= 0.6 is 23.2 Å². The van der Waals surface area contributed by atoms with Crippen LogP contribution in [0.3, 0.4) is 0 Å². The lowest BCUT2D eigenvalue weighted by Gasteiger charge is -2.09. The summed E-state index contributed by atoms with van der Waals surface area (Å²) in [5, 5.41) is 22.6. The van der Waals surface area contributed by atoms with Gasteiger partial charge in [0.1, 0.15) is 11.5 Å². The smallest absolute Gasteiger partial charge is 0.437 e. The lowest BCUT2D eigenvalue weighted by Crippen LogP contribution is -2.07. The Morgan fingerprint density at radius 1 is 0.960 bits per heavy atom. The molecule has 25 heavy (non-hydrogen) atoms. The van der Waals surface area contributed by atoms with Crippen LogP contribution < -0.4 is 0 Å². The Kier molecular flexibility index (Phi) is 4.30. The van der Waals surface area contributed by atoms with Crippen LogP contribution in [0.4, 0.5) is 13.2 Å². The summed E-state index contributed by atoms with van der Waals surface area (Å²) >= 11 is 11.7. The number of aromatic hydroxyl groups is 2. The largest absolute Gasteiger partial charge is 0.508 e. The zero-order valence-corrected chi connectivity index (χ0v) is 13.6. The predicted octanol–water partition coefficient (Wildman–Crippen LogP) is 5.75. The number of nitrogens with zero attached hydrogens (tertiary/aromatic N) is 1. The van der Waals surface area contributed by atoms with Gasteiger partial charge in [0.25, 0.3) is 0 Å². The Hall–Kier alpha value is -2.38. The molecule has 0 fully saturated rings. The Bertz CT molecular complexity index is 954. The first kappa shape index (κ1) is 17.4. The maximum Gasteiger partial charge on any atom is 0.437 e. The van der Waals surface area contributed by atoms with E-state index >= 15 is 0 Å². The number of phenolic OH excluding ortho intramolecular Hbond substituents is 2. The van der Waals surface area contributed by atoms with Gasteiger partial charge >= 0.3 is 6.18 Å². The molecule has 130 valence electrons. The second-order valence-corrected chi connectivity index (χ2v) is 5.88. The fourth-order valence-electron chi connectivity index (χ4n) is 2.30. The number of hydrogen-bond acceptors (Lipinski definition) is 4. The van der Waals surface area contributed by atoms with Gasteiger partial charge in [0.15, 0.2) is 11.5 Å². The molecule has 0 bridgehead atoms. The number of rotatable bonds is 2. The second kappa shape index (κ2) is 6.16. The Morgan fingerprint density at radius 3 is 2.28 bits per heavy atom. The van der Waals surface area contributed by atoms with E-state index in [0.717, 1.165) is 6.07 Å². The van der Waals surface area contributed by atoms with Crippen molar-refractivity contribution in [1.29, 1.82) is 0 Å². The Labute approximate surface area is 149 Å². The van der Waals surface area contributed by atoms with E-state index in [0.29, 0.717) is 0 Å². The van der Waals surface area contributed by atoms with Crippen LogP contribution in [0.1, 0.15) is 5.69 Å². The summed E-state index contributed by atoms with van der Waals surface area (Å²) in [5.41, 5.74) is -1.67. The van der Waals surface area contributed by atoms with E-state index in [1.807, 2.05) is 0 Å². The predicted molar refractivity (Wildman–Crippen MR) is 85.7 cm³/mol. The molecule has 3 aromatic rings. The van der Waals surface area contributed by atoms with Crippen molar-refractivity contribution < 1.29 is 27.9 Å². The van der Waals surface area contributed by atoms with Crippen LogP contribution in [0.2, 0.25) is 10.0 Å². The van der Waals surface area contributed by atoms with Crippen LogP contribution in [0, 0.1) is 0 Å². The van der Waals surface area contributed by atoms with Gasteiger partial charge in [-0.3, -0.25) is 0 Å². The fourth-order valence-corrected chi connectivity index (χ4v) is 2.60. The van der Waals surface area contributed by atoms with Crippen LogP contribution in [-0.4, -0.2) is 15.4 Å². The number of phenols is 2. The molecule has 0 radical (unpaired) electrons. The van der Waals surface area contributed by atoms with Gasteiger partial charge in [-0.05, 0) is 29.8 Å². The van der Waals surface area contributed by atoms with Crippen molar-refractivity contribution in [1.82, 2.24) is 5.16 Å². The van der Waals surface area contributed by atoms with Crippen molar-refractivity contribution in [2.24, 2.45) is 0 Å². The molecule has 0 aliphatic heterocycles. The maximum atomic E-state index is 13.3. The summed E-state index contributed by atoms with van der Waals surface area (Å²) < 4.78 is 44.8. The van der Waals surface area contributed by atoms with Crippen molar-refractivity contribution in [2.75, 3.05) is 0 Å². The summed E-state index contributed by atoms with van der Waals surface area (Å²) in [6.07, 6.45) is -4.80. The van der Waals surface area contributed by atoms with Crippen molar-refractivity contribution in [3.8, 4) is 33.9 Å². The minimum Gasteiger partial charge on any atom is -0.508 e. The summed E-state index contributed by atoms with van der Waals surface area (Å²) in [6.45, 7) is 0. The van der Waals surface area contributed by atoms with E-state index < -0.39 is 23.2 Å². The Morgan fingerprint density at radius 2 is 1.68 bits per heavy atom. The number of benzene rings is 2. The Balaban J connectivity index is 2.30. The number of aromatic nitrogens is 1. The molecule has 0 atom stereocenters. The first-order valence-electron chi connectivity index (χ1n) is 6.73. The first-order valence-corrected chi connectivity index (χ1v) is 7.48. The molecule has 2 N–H and O–H groups in total. The summed E-state index contributed by atoms with van der Waals surface area (Å²) in [5.74, 6) is -1.04. The molecular formula is C16H8Cl2F3NO3. The fraction of sp³-hybridized carbons (Fsp3) is 0.0625. The van der Waals surface area contributed by atoms with Crippen LogP contribution in [0.5, 0.6) is 11.5 Å². The summed E-state index contributed by atoms with van der Waals surface area (Å²) in [6, 6.07) is 7.30. The normalized spacial score (nSPS) is 11.7. The summed E-state index contributed by atoms with van der Waals surface area (Å²) in [4.78, 5) is 0. The number of hydrogen-bond donors (Lipinski definition) is 2. The second-order valence-electron chi connectivity index (χ2n) is 5.06. The van der Waals surface area contributed by atoms with Crippen molar-refractivity contribution >= 4 is 23.2 Å². The van der Waals surface area contributed by atoms with Gasteiger partial charge in [-0.25, -0.2) is 0 Å². The molecule has 0 saturated carbocycles. The molecule has 1 aromatic heterocycles. The van der Waals surface area contributed by atoms with E-state index in [4.69, 9.17) is 27.7 Å². The topological polar surface area (TPSA) is 66.5 Å². The third kappa shape index (κ3) is 3.25. The van der Waals surface area contributed by atoms with Gasteiger partial charge in [0.05, 0.1) is 21.2 Å². The quantitative estimate of drug-likeness (QED) is 0.585. The van der Waals surface area contributed by atoms with E-state index in [2.05, 4.69) is 5.16 Å². The zero-order chi connectivity index (χ0) is 18.4. The third-order valence-electron chi connectivity index (χ3n) is 3.39. The number of alkyl halides is 3. The molecule has 0 spiro atoms. The van der Waals surface area contributed by atoms with Crippen molar-refractivity contribution in [3.63, 3.8) is 0 Å². The third-order valence-corrected chi connectivity index (χ3v) is 4.13. The summed E-state index contributed by atoms with van der Waals surface area (Å²) in [7, 11) is 0. The van der Waals surface area contributed by atoms with E-state index in [1.54, 1.807) is 0 Å². The minimum absolute atomic E-state index is 0.0503. The van der Waals surface area contributed by atoms with Crippen LogP contribution in [-0.2, 0) is 6.18 Å². The van der Waals surface area contributed by atoms with Gasteiger partial charge in [-0.15, -0.1) is 0 Å². The van der Waals surface area contributed by atoms with Crippen LogP contribution in [0.25, 0.3) is 22.5 Å². The monoisotopic (exact) mass is 389 g/mol. The highest BCUT2D eigenvalue weighted by molar-refractivity contribution is 6.42. The molecule has 0 unspecified atom stereocenters. The van der Waals surface area contributed by atoms with E-state index in [1.165, 1.54) is 30.3 Å². The zero-order valence-electron chi connectivity index (χ0n) is 12.1. The SMILES string of the molecule is Oc1ccc(-c2onc(C(F)(F)F)c2-c2ccc(Cl)c(Cl)c2)c(O)c1. The average molecular weight is 390 g/mol. The highest BCUT2D eigenvalue weighted by atomic mass is 35.5. The lowest BCUT2D eigenvalue weighted by molar-refractivity contribution is -0.142. The molecule has 3 rings (SSSR count). The standard InChI is InChI=1S/C16H8Cl2F3NO3/c17-10-4-1-7(5-11(10)18)13-14(25-22-15(13)16(19,20)21)9-3-2-8(23)6-12(9)24/h1-6,23-24H. The molecular weight excluding hydrogens is 382 g/mol. The molecule has 0 saturated heterocycles. The van der Waals surface area contributed by atoms with Gasteiger partial charge < -0.3 is 14.7 Å². The highest BCUT2D eigenvalue weighted by Gasteiger charge is 2.40. The molecule has 1 heterocycles. The molecule has 2 aromatic carbocycles. The average Bonchev–Trinajstić information content (AvgIpc) is 2.95. The molecule has 4 nitrogen and oxygen atoms in total. The molecule has 0 aliphatic rings. The van der Waals surface area contributed by atoms with Crippen LogP contribution in [0.15, 0.2) is 40.9 Å². The van der Waals surface area contributed by atoms with E-state index in [9.17, 15) is 23.4 Å². The molecule has 0 aliphatic carbocycles. The van der Waals surface area contributed by atoms with E-state index in [-0.39, 0.29) is 32.7 Å². The van der Waals surface area contributed by atoms with Crippen molar-refractivity contribution in [2.45, 2.75) is 6.18 Å². The van der Waals surface area contributed by atoms with Gasteiger partial charge in [0.2, 0.25) is 0 Å². The molecule has 0 amide bonds. The van der Waals surface area contributed by atoms with Gasteiger partial charge in [0, 0.05) is 6.07 Å². The first-order chi connectivity index (χ1) is 11.7.